The molecule has 94 valence electrons. The number of hydrogen-bond donors (Lipinski definition) is 1. The zero-order valence-electron chi connectivity index (χ0n) is 10.3. The molecule has 0 atom stereocenters. The standard InChI is InChI=1S/C12H11P.C3H6O2/c1-3-7-11(8-4-1)13-12-9-5-2-6-10-12;1-2-3(4)5/h1-10,13H;2H2,1H3,(H,4,5). The van der Waals surface area contributed by atoms with Crippen LogP contribution in [0.5, 0.6) is 0 Å². The van der Waals surface area contributed by atoms with E-state index < -0.39 is 5.97 Å². The van der Waals surface area contributed by atoms with Crippen LogP contribution in [-0.2, 0) is 4.79 Å². The monoisotopic (exact) mass is 260 g/mol. The van der Waals surface area contributed by atoms with Gasteiger partial charge in [0.2, 0.25) is 0 Å². The fraction of sp³-hybridized carbons (Fsp3) is 0.133. The molecular weight excluding hydrogens is 243 g/mol. The highest BCUT2D eigenvalue weighted by Gasteiger charge is 1.92. The van der Waals surface area contributed by atoms with E-state index >= 15 is 0 Å². The summed E-state index contributed by atoms with van der Waals surface area (Å²) in [6.45, 7) is 1.60. The Hall–Kier alpha value is -1.66. The van der Waals surface area contributed by atoms with Gasteiger partial charge in [-0.05, 0) is 10.6 Å². The number of rotatable bonds is 3. The van der Waals surface area contributed by atoms with Crippen LogP contribution in [0.3, 0.4) is 0 Å². The van der Waals surface area contributed by atoms with Gasteiger partial charge in [0.05, 0.1) is 0 Å². The minimum absolute atomic E-state index is 0.222. The van der Waals surface area contributed by atoms with Gasteiger partial charge in [0, 0.05) is 6.42 Å². The second kappa shape index (κ2) is 8.43. The maximum absolute atomic E-state index is 9.37. The van der Waals surface area contributed by atoms with E-state index in [1.807, 2.05) is 0 Å². The van der Waals surface area contributed by atoms with Crippen molar-refractivity contribution in [2.45, 2.75) is 13.3 Å². The van der Waals surface area contributed by atoms with Crippen molar-refractivity contribution in [3.8, 4) is 0 Å². The molecule has 2 aromatic rings. The Morgan fingerprint density at radius 3 is 1.56 bits per heavy atom. The molecule has 2 nitrogen and oxygen atoms in total. The first kappa shape index (κ1) is 14.4. The van der Waals surface area contributed by atoms with Crippen LogP contribution in [-0.4, -0.2) is 11.1 Å². The first-order chi connectivity index (χ1) is 8.72. The van der Waals surface area contributed by atoms with Gasteiger partial charge in [-0.2, -0.15) is 0 Å². The van der Waals surface area contributed by atoms with Gasteiger partial charge in [0.25, 0.3) is 0 Å². The molecule has 0 amide bonds. The fourth-order valence-electron chi connectivity index (χ4n) is 1.21. The van der Waals surface area contributed by atoms with Crippen LogP contribution >= 0.6 is 8.58 Å². The molecule has 1 N–H and O–H groups in total. The summed E-state index contributed by atoms with van der Waals surface area (Å²) in [7, 11) is 0.777. The highest BCUT2D eigenvalue weighted by molar-refractivity contribution is 7.55. The molecule has 2 rings (SSSR count). The van der Waals surface area contributed by atoms with Gasteiger partial charge in [0.1, 0.15) is 0 Å². The van der Waals surface area contributed by atoms with Gasteiger partial charge in [0.15, 0.2) is 0 Å². The number of hydrogen-bond acceptors (Lipinski definition) is 1. The van der Waals surface area contributed by atoms with E-state index in [1.165, 1.54) is 10.6 Å². The third-order valence-corrected chi connectivity index (χ3v) is 3.38. The molecule has 0 aliphatic heterocycles. The minimum atomic E-state index is -0.745. The van der Waals surface area contributed by atoms with E-state index in [0.717, 1.165) is 8.58 Å². The molecule has 0 saturated heterocycles. The average molecular weight is 260 g/mol. The summed E-state index contributed by atoms with van der Waals surface area (Å²) in [6.07, 6.45) is 0.222. The van der Waals surface area contributed by atoms with Gasteiger partial charge in [-0.15, -0.1) is 0 Å². The number of benzene rings is 2. The topological polar surface area (TPSA) is 37.3 Å². The lowest BCUT2D eigenvalue weighted by Gasteiger charge is -2.00. The molecule has 0 saturated carbocycles. The zero-order valence-corrected chi connectivity index (χ0v) is 11.3. The van der Waals surface area contributed by atoms with E-state index in [0.29, 0.717) is 0 Å². The summed E-state index contributed by atoms with van der Waals surface area (Å²) in [6, 6.07) is 21.2. The molecule has 0 aliphatic carbocycles. The van der Waals surface area contributed by atoms with E-state index in [1.54, 1.807) is 6.92 Å². The number of aliphatic carboxylic acids is 1. The molecule has 0 unspecified atom stereocenters. The molecular formula is C15H17O2P. The van der Waals surface area contributed by atoms with Crippen LogP contribution in [0.1, 0.15) is 13.3 Å². The summed E-state index contributed by atoms with van der Waals surface area (Å²) in [5.74, 6) is -0.745. The minimum Gasteiger partial charge on any atom is -0.481 e. The zero-order chi connectivity index (χ0) is 13.2. The van der Waals surface area contributed by atoms with Crippen LogP contribution in [0.2, 0.25) is 0 Å². The van der Waals surface area contributed by atoms with Gasteiger partial charge in [-0.1, -0.05) is 76.2 Å². The molecule has 0 radical (unpaired) electrons. The smallest absolute Gasteiger partial charge is 0.303 e. The second-order valence-corrected chi connectivity index (χ2v) is 5.01. The summed E-state index contributed by atoms with van der Waals surface area (Å²) in [5, 5.41) is 10.5. The normalized spacial score (nSPS) is 9.17. The Labute approximate surface area is 109 Å². The lowest BCUT2D eigenvalue weighted by molar-refractivity contribution is -0.136. The summed E-state index contributed by atoms with van der Waals surface area (Å²) in [5.41, 5.74) is 0. The number of carbonyl (C=O) groups is 1. The third-order valence-electron chi connectivity index (χ3n) is 2.14. The van der Waals surface area contributed by atoms with Crippen LogP contribution in [0.25, 0.3) is 0 Å². The highest BCUT2D eigenvalue weighted by Crippen LogP contribution is 2.08. The van der Waals surface area contributed by atoms with Crippen molar-refractivity contribution in [1.29, 1.82) is 0 Å². The van der Waals surface area contributed by atoms with Gasteiger partial charge in [-0.3, -0.25) is 4.79 Å². The average Bonchev–Trinajstić information content (AvgIpc) is 2.42. The third kappa shape index (κ3) is 6.17. The first-order valence-corrected chi connectivity index (χ1v) is 6.81. The molecule has 0 aromatic heterocycles. The van der Waals surface area contributed by atoms with Crippen molar-refractivity contribution >= 4 is 25.2 Å². The predicted molar refractivity (Wildman–Crippen MR) is 78.4 cm³/mol. The molecule has 0 bridgehead atoms. The molecule has 0 aliphatic rings. The van der Waals surface area contributed by atoms with Crippen LogP contribution in [0.4, 0.5) is 0 Å². The predicted octanol–water partition coefficient (Wildman–Crippen LogP) is 2.80. The Kier molecular flexibility index (Phi) is 6.75. The summed E-state index contributed by atoms with van der Waals surface area (Å²) >= 11 is 0. The number of carboxylic acids is 1. The van der Waals surface area contributed by atoms with Gasteiger partial charge in [-0.25, -0.2) is 0 Å². The van der Waals surface area contributed by atoms with Crippen LogP contribution < -0.4 is 10.6 Å². The Bertz CT molecular complexity index is 417. The molecule has 18 heavy (non-hydrogen) atoms. The van der Waals surface area contributed by atoms with Crippen molar-refractivity contribution in [2.24, 2.45) is 0 Å². The van der Waals surface area contributed by atoms with Crippen molar-refractivity contribution in [3.05, 3.63) is 60.7 Å². The van der Waals surface area contributed by atoms with Crippen molar-refractivity contribution in [3.63, 3.8) is 0 Å². The quantitative estimate of drug-likeness (QED) is 0.862. The largest absolute Gasteiger partial charge is 0.481 e. The Morgan fingerprint density at radius 1 is 0.944 bits per heavy atom. The summed E-state index contributed by atoms with van der Waals surface area (Å²) < 4.78 is 0. The maximum Gasteiger partial charge on any atom is 0.303 e. The Balaban J connectivity index is 0.000000280. The van der Waals surface area contributed by atoms with Crippen molar-refractivity contribution in [1.82, 2.24) is 0 Å². The van der Waals surface area contributed by atoms with Crippen LogP contribution in [0.15, 0.2) is 60.7 Å². The van der Waals surface area contributed by atoms with Crippen molar-refractivity contribution < 1.29 is 9.90 Å². The molecule has 2 aromatic carbocycles. The lowest BCUT2D eigenvalue weighted by atomic mass is 10.4. The van der Waals surface area contributed by atoms with E-state index in [2.05, 4.69) is 60.7 Å². The molecule has 0 fully saturated rings. The molecule has 0 spiro atoms. The molecule has 0 heterocycles. The molecule has 3 heteroatoms. The number of carboxylic acid groups (broad SMARTS) is 1. The maximum atomic E-state index is 9.37. The lowest BCUT2D eigenvalue weighted by Crippen LogP contribution is -2.01. The fourth-order valence-corrected chi connectivity index (χ4v) is 2.26. The Morgan fingerprint density at radius 2 is 1.28 bits per heavy atom. The summed E-state index contributed by atoms with van der Waals surface area (Å²) in [4.78, 5) is 9.37. The SMILES string of the molecule is CCC(=O)O.c1ccc(Pc2ccccc2)cc1. The van der Waals surface area contributed by atoms with Gasteiger partial charge < -0.3 is 5.11 Å². The van der Waals surface area contributed by atoms with Crippen molar-refractivity contribution in [2.75, 3.05) is 0 Å². The van der Waals surface area contributed by atoms with E-state index in [4.69, 9.17) is 5.11 Å². The second-order valence-electron chi connectivity index (χ2n) is 3.60. The first-order valence-electron chi connectivity index (χ1n) is 5.81. The van der Waals surface area contributed by atoms with E-state index in [-0.39, 0.29) is 6.42 Å². The van der Waals surface area contributed by atoms with Crippen LogP contribution in [0, 0.1) is 0 Å². The van der Waals surface area contributed by atoms with Gasteiger partial charge >= 0.3 is 5.97 Å². The van der Waals surface area contributed by atoms with E-state index in [9.17, 15) is 4.79 Å². The highest BCUT2D eigenvalue weighted by atomic mass is 31.1.